The standard InChI is InChI=1S/C29H24F3N7O/c30-29(31,32)19-13-14-21(33-15-19)18-11-9-17(10-12-18)16-38-25(34-20-5-2-1-3-6-20)24-26(37-38)39-23-8-4-7-22(23)35-28(39)36-27(24)40/h1-3,5-6,9-15,22-23,34H,4,7-8,16H2,(H,35,36,40)/t22-,23+/m1/s1. The number of hydrogen-bond donors (Lipinski definition) is 2. The highest BCUT2D eigenvalue weighted by molar-refractivity contribution is 5.90. The van der Waals surface area contributed by atoms with E-state index in [-0.39, 0.29) is 17.6 Å². The first-order valence-electron chi connectivity index (χ1n) is 13.1. The minimum absolute atomic E-state index is 0.203. The van der Waals surface area contributed by atoms with Crippen molar-refractivity contribution < 1.29 is 13.2 Å². The van der Waals surface area contributed by atoms with Gasteiger partial charge in [-0.05, 0) is 49.1 Å². The number of anilines is 3. The van der Waals surface area contributed by atoms with Gasteiger partial charge in [0, 0.05) is 23.5 Å². The summed E-state index contributed by atoms with van der Waals surface area (Å²) >= 11 is 0. The largest absolute Gasteiger partial charge is 0.417 e. The van der Waals surface area contributed by atoms with E-state index in [0.29, 0.717) is 40.6 Å². The molecule has 1 aliphatic heterocycles. The Morgan fingerprint density at radius 3 is 2.52 bits per heavy atom. The predicted molar refractivity (Wildman–Crippen MR) is 146 cm³/mol. The van der Waals surface area contributed by atoms with Crippen LogP contribution in [-0.2, 0) is 12.7 Å². The third kappa shape index (κ3) is 4.18. The summed E-state index contributed by atoms with van der Waals surface area (Å²) in [7, 11) is 0. The zero-order valence-electron chi connectivity index (χ0n) is 21.2. The molecule has 11 heteroatoms. The Morgan fingerprint density at radius 1 is 1.00 bits per heavy atom. The first kappa shape index (κ1) is 24.4. The molecule has 40 heavy (non-hydrogen) atoms. The van der Waals surface area contributed by atoms with Crippen LogP contribution >= 0.6 is 0 Å². The number of para-hydroxylation sites is 1. The van der Waals surface area contributed by atoms with Gasteiger partial charge in [0.2, 0.25) is 5.95 Å². The summed E-state index contributed by atoms with van der Waals surface area (Å²) in [5, 5.41) is 12.2. The Balaban J connectivity index is 1.26. The lowest BCUT2D eigenvalue weighted by Gasteiger charge is -2.11. The summed E-state index contributed by atoms with van der Waals surface area (Å²) in [6.07, 6.45) is -0.460. The van der Waals surface area contributed by atoms with Crippen LogP contribution < -0.4 is 16.2 Å². The third-order valence-corrected chi connectivity index (χ3v) is 7.65. The molecular formula is C29H24F3N7O. The van der Waals surface area contributed by atoms with E-state index >= 15 is 0 Å². The molecule has 0 saturated heterocycles. The van der Waals surface area contributed by atoms with E-state index in [1.807, 2.05) is 54.6 Å². The van der Waals surface area contributed by atoms with Crippen LogP contribution in [0.4, 0.5) is 30.6 Å². The molecule has 1 aliphatic carbocycles. The van der Waals surface area contributed by atoms with Gasteiger partial charge in [-0.15, -0.1) is 0 Å². The molecule has 202 valence electrons. The Kier molecular flexibility index (Phi) is 5.62. The summed E-state index contributed by atoms with van der Waals surface area (Å²) in [4.78, 5) is 21.7. The quantitative estimate of drug-likeness (QED) is 0.283. The molecule has 7 rings (SSSR count). The monoisotopic (exact) mass is 543 g/mol. The second-order valence-electron chi connectivity index (χ2n) is 10.2. The van der Waals surface area contributed by atoms with Gasteiger partial charge in [0.15, 0.2) is 5.65 Å². The number of halogens is 3. The maximum Gasteiger partial charge on any atom is 0.417 e. The zero-order chi connectivity index (χ0) is 27.4. The molecular weight excluding hydrogens is 519 g/mol. The molecule has 0 amide bonds. The van der Waals surface area contributed by atoms with Crippen LogP contribution in [0.25, 0.3) is 22.3 Å². The molecule has 0 spiro atoms. The maximum atomic E-state index is 13.3. The van der Waals surface area contributed by atoms with Crippen LogP contribution in [-0.4, -0.2) is 30.4 Å². The molecule has 8 nitrogen and oxygen atoms in total. The molecule has 0 radical (unpaired) electrons. The number of pyridine rings is 1. The number of benzene rings is 2. The van der Waals surface area contributed by atoms with Gasteiger partial charge in [0.25, 0.3) is 5.56 Å². The minimum atomic E-state index is -4.43. The van der Waals surface area contributed by atoms with E-state index in [1.54, 1.807) is 4.68 Å². The molecule has 1 fully saturated rings. The number of nitrogens with zero attached hydrogens (tertiary/aromatic N) is 5. The van der Waals surface area contributed by atoms with Crippen molar-refractivity contribution in [1.29, 1.82) is 0 Å². The average molecular weight is 544 g/mol. The fourth-order valence-corrected chi connectivity index (χ4v) is 5.71. The van der Waals surface area contributed by atoms with Crippen molar-refractivity contribution in [2.45, 2.75) is 44.1 Å². The number of nitrogens with one attached hydrogen (secondary N) is 2. The lowest BCUT2D eigenvalue weighted by atomic mass is 10.1. The number of hydrogen-bond acceptors (Lipinski definition) is 6. The van der Waals surface area contributed by atoms with E-state index in [4.69, 9.17) is 5.10 Å². The maximum absolute atomic E-state index is 13.3. The molecule has 0 unspecified atom stereocenters. The number of alkyl halides is 3. The highest BCUT2D eigenvalue weighted by Crippen LogP contribution is 2.41. The molecule has 0 bridgehead atoms. The average Bonchev–Trinajstić information content (AvgIpc) is 3.63. The summed E-state index contributed by atoms with van der Waals surface area (Å²) < 4.78 is 42.6. The molecule has 2 aliphatic rings. The van der Waals surface area contributed by atoms with Crippen LogP contribution in [0.1, 0.15) is 36.4 Å². The van der Waals surface area contributed by atoms with Crippen molar-refractivity contribution in [2.75, 3.05) is 10.6 Å². The smallest absolute Gasteiger partial charge is 0.351 e. The molecule has 2 atom stereocenters. The predicted octanol–water partition coefficient (Wildman–Crippen LogP) is 5.98. The fourth-order valence-electron chi connectivity index (χ4n) is 5.71. The molecule has 3 aromatic heterocycles. The van der Waals surface area contributed by atoms with E-state index < -0.39 is 11.7 Å². The van der Waals surface area contributed by atoms with Gasteiger partial charge in [0.1, 0.15) is 11.2 Å². The van der Waals surface area contributed by atoms with E-state index in [1.165, 1.54) is 6.07 Å². The Morgan fingerprint density at radius 2 is 1.80 bits per heavy atom. The van der Waals surface area contributed by atoms with Gasteiger partial charge in [-0.1, -0.05) is 42.5 Å². The normalized spacial score (nSPS) is 18.0. The van der Waals surface area contributed by atoms with Crippen molar-refractivity contribution in [3.63, 3.8) is 0 Å². The summed E-state index contributed by atoms with van der Waals surface area (Å²) in [5.74, 6) is 1.13. The minimum Gasteiger partial charge on any atom is -0.351 e. The van der Waals surface area contributed by atoms with Gasteiger partial charge < -0.3 is 10.6 Å². The van der Waals surface area contributed by atoms with Crippen LogP contribution in [0, 0.1) is 0 Å². The summed E-state index contributed by atoms with van der Waals surface area (Å²) in [6.45, 7) is 0.362. The van der Waals surface area contributed by atoms with Crippen molar-refractivity contribution in [3.8, 4) is 11.3 Å². The van der Waals surface area contributed by atoms with E-state index in [9.17, 15) is 18.0 Å². The van der Waals surface area contributed by atoms with Gasteiger partial charge in [-0.3, -0.25) is 14.3 Å². The molecule has 2 aromatic carbocycles. The van der Waals surface area contributed by atoms with Crippen molar-refractivity contribution >= 4 is 28.5 Å². The van der Waals surface area contributed by atoms with E-state index in [0.717, 1.165) is 42.8 Å². The Labute approximate surface area is 226 Å². The summed E-state index contributed by atoms with van der Waals surface area (Å²) in [6, 6.07) is 19.8. The fraction of sp³-hybridized carbons (Fsp3) is 0.241. The molecule has 4 heterocycles. The lowest BCUT2D eigenvalue weighted by Crippen LogP contribution is -2.15. The number of aromatic nitrogens is 5. The number of rotatable bonds is 5. The van der Waals surface area contributed by atoms with Crippen molar-refractivity contribution in [3.05, 3.63) is 94.4 Å². The topological polar surface area (TPSA) is 89.7 Å². The van der Waals surface area contributed by atoms with Crippen molar-refractivity contribution in [2.24, 2.45) is 0 Å². The van der Waals surface area contributed by atoms with Crippen LogP contribution in [0.15, 0.2) is 77.7 Å². The van der Waals surface area contributed by atoms with E-state index in [2.05, 4.69) is 25.2 Å². The Hall–Kier alpha value is -4.67. The van der Waals surface area contributed by atoms with Crippen LogP contribution in [0.5, 0.6) is 0 Å². The zero-order valence-corrected chi connectivity index (χ0v) is 21.2. The van der Waals surface area contributed by atoms with Crippen LogP contribution in [0.2, 0.25) is 0 Å². The van der Waals surface area contributed by atoms with Crippen LogP contribution in [0.3, 0.4) is 0 Å². The summed E-state index contributed by atoms with van der Waals surface area (Å²) in [5.41, 5.74) is 2.33. The molecule has 5 aromatic rings. The Bertz CT molecular complexity index is 1760. The SMILES string of the molecule is O=c1nc2n(c3nn(Cc4ccc(-c5ccc(C(F)(F)F)cn5)cc4)c(Nc4ccccc4)c13)[C@H]1CCC[C@H]1N2. The second kappa shape index (κ2) is 9.22. The molecule has 2 N–H and O–H groups in total. The lowest BCUT2D eigenvalue weighted by molar-refractivity contribution is -0.137. The van der Waals surface area contributed by atoms with Gasteiger partial charge in [0.05, 0.1) is 23.8 Å². The van der Waals surface area contributed by atoms with Gasteiger partial charge >= 0.3 is 6.18 Å². The highest BCUT2D eigenvalue weighted by atomic mass is 19.4. The first-order valence-corrected chi connectivity index (χ1v) is 13.1. The third-order valence-electron chi connectivity index (χ3n) is 7.65. The first-order chi connectivity index (χ1) is 19.3. The number of fused-ring (bicyclic) bond motifs is 5. The van der Waals surface area contributed by atoms with Gasteiger partial charge in [-0.2, -0.15) is 23.3 Å². The highest BCUT2D eigenvalue weighted by Gasteiger charge is 2.39. The van der Waals surface area contributed by atoms with Crippen molar-refractivity contribution in [1.82, 2.24) is 24.3 Å². The second-order valence-corrected chi connectivity index (χ2v) is 10.2. The van der Waals surface area contributed by atoms with Gasteiger partial charge in [-0.25, -0.2) is 4.68 Å². The molecule has 1 saturated carbocycles.